The molecule has 4 N–H and O–H groups in total. The lowest BCUT2D eigenvalue weighted by Gasteiger charge is -2.36. The predicted molar refractivity (Wildman–Crippen MR) is 120 cm³/mol. The molecule has 1 aliphatic heterocycles. The second kappa shape index (κ2) is 9.70. The molecule has 0 unspecified atom stereocenters. The first-order chi connectivity index (χ1) is 14.7. The Kier molecular flexibility index (Phi) is 7.02. The Balaban J connectivity index is 1.80. The fourth-order valence-corrected chi connectivity index (χ4v) is 3.39. The van der Waals surface area contributed by atoms with E-state index in [9.17, 15) is 9.59 Å². The fourth-order valence-electron chi connectivity index (χ4n) is 3.39. The Bertz CT molecular complexity index is 912. The number of hydrogen-bond donors (Lipinski definition) is 3. The number of carbonyl (C=O) groups excluding carboxylic acids is 2. The van der Waals surface area contributed by atoms with Crippen LogP contribution in [0.2, 0.25) is 0 Å². The van der Waals surface area contributed by atoms with Crippen molar-refractivity contribution in [3.05, 3.63) is 54.1 Å². The van der Waals surface area contributed by atoms with Crippen LogP contribution in [0.5, 0.6) is 5.75 Å². The van der Waals surface area contributed by atoms with Gasteiger partial charge in [0.05, 0.1) is 12.2 Å². The van der Waals surface area contributed by atoms with E-state index in [-0.39, 0.29) is 18.4 Å². The highest BCUT2D eigenvalue weighted by Gasteiger charge is 2.27. The van der Waals surface area contributed by atoms with Crippen molar-refractivity contribution in [2.75, 3.05) is 16.8 Å². The number of amides is 2. The Hall–Kier alpha value is -3.26. The quantitative estimate of drug-likeness (QED) is 0.370. The Morgan fingerprint density at radius 3 is 2.61 bits per heavy atom. The van der Waals surface area contributed by atoms with Crippen LogP contribution in [0.25, 0.3) is 0 Å². The maximum Gasteiger partial charge on any atom is 0.412 e. The number of fused-ring (bicyclic) bond motifs is 1. The molecule has 2 aromatic rings. The molecule has 1 heterocycles. The van der Waals surface area contributed by atoms with E-state index in [4.69, 9.17) is 15.3 Å². The fraction of sp³-hybridized carbons (Fsp3) is 0.391. The van der Waals surface area contributed by atoms with E-state index in [1.54, 1.807) is 6.07 Å². The van der Waals surface area contributed by atoms with E-state index in [0.717, 1.165) is 11.3 Å². The van der Waals surface area contributed by atoms with Crippen LogP contribution < -0.4 is 26.2 Å². The summed E-state index contributed by atoms with van der Waals surface area (Å²) < 4.78 is 11.5. The summed E-state index contributed by atoms with van der Waals surface area (Å²) in [6.07, 6.45) is 0.169. The second-order valence-corrected chi connectivity index (χ2v) is 8.52. The van der Waals surface area contributed by atoms with E-state index in [1.165, 1.54) is 0 Å². The molecule has 1 aliphatic rings. The van der Waals surface area contributed by atoms with Gasteiger partial charge >= 0.3 is 6.09 Å². The van der Waals surface area contributed by atoms with Crippen molar-refractivity contribution in [3.8, 4) is 5.75 Å². The summed E-state index contributed by atoms with van der Waals surface area (Å²) in [5.41, 5.74) is 4.22. The minimum absolute atomic E-state index is 0.154. The first kappa shape index (κ1) is 22.4. The molecule has 8 nitrogen and oxygen atoms in total. The molecule has 0 saturated heterocycles. The molecule has 31 heavy (non-hydrogen) atoms. The number of carbonyl (C=O) groups is 2. The summed E-state index contributed by atoms with van der Waals surface area (Å²) in [7, 11) is 0. The summed E-state index contributed by atoms with van der Waals surface area (Å²) >= 11 is 0. The van der Waals surface area contributed by atoms with E-state index in [1.807, 2.05) is 51.1 Å². The van der Waals surface area contributed by atoms with Crippen LogP contribution in [-0.2, 0) is 16.1 Å². The zero-order chi connectivity index (χ0) is 22.4. The zero-order valence-electron chi connectivity index (χ0n) is 18.2. The van der Waals surface area contributed by atoms with Crippen molar-refractivity contribution in [1.82, 2.24) is 5.43 Å². The molecule has 0 aromatic heterocycles. The van der Waals surface area contributed by atoms with Crippen molar-refractivity contribution >= 4 is 23.4 Å². The van der Waals surface area contributed by atoms with Crippen LogP contribution in [0.1, 0.15) is 39.2 Å². The van der Waals surface area contributed by atoms with Gasteiger partial charge in [-0.2, -0.15) is 0 Å². The first-order valence-corrected chi connectivity index (χ1v) is 10.3. The number of nitrogens with one attached hydrogen (secondary N) is 2. The van der Waals surface area contributed by atoms with E-state index in [2.05, 4.69) is 27.8 Å². The van der Waals surface area contributed by atoms with Crippen molar-refractivity contribution < 1.29 is 19.1 Å². The van der Waals surface area contributed by atoms with Gasteiger partial charge in [-0.15, -0.1) is 0 Å². The van der Waals surface area contributed by atoms with Crippen LogP contribution in [-0.4, -0.2) is 30.3 Å². The monoisotopic (exact) mass is 426 g/mol. The average Bonchev–Trinajstić information content (AvgIpc) is 2.71. The molecule has 166 valence electrons. The maximum atomic E-state index is 12.2. The number of nitrogens with zero attached hydrogens (tertiary/aromatic N) is 1. The lowest BCUT2D eigenvalue weighted by atomic mass is 10.1. The molecule has 2 aromatic carbocycles. The zero-order valence-corrected chi connectivity index (χ0v) is 18.2. The molecule has 0 spiro atoms. The van der Waals surface area contributed by atoms with E-state index in [0.29, 0.717) is 30.9 Å². The lowest BCUT2D eigenvalue weighted by molar-refractivity contribution is -0.121. The van der Waals surface area contributed by atoms with Gasteiger partial charge < -0.3 is 14.4 Å². The smallest absolute Gasteiger partial charge is 0.412 e. The Labute approximate surface area is 182 Å². The van der Waals surface area contributed by atoms with Gasteiger partial charge in [0.1, 0.15) is 17.5 Å². The molecule has 0 radical (unpaired) electrons. The third kappa shape index (κ3) is 6.62. The molecule has 8 heteroatoms. The number of hydrazine groups is 1. The van der Waals surface area contributed by atoms with Gasteiger partial charge in [-0.05, 0) is 51.0 Å². The van der Waals surface area contributed by atoms with Gasteiger partial charge in [-0.3, -0.25) is 15.5 Å². The SMILES string of the molecule is CC(C)(C)OC(=O)Nc1ccc2c(c1)N(Cc1ccccc1)C[C@H](CCC(=O)NN)O2. The summed E-state index contributed by atoms with van der Waals surface area (Å²) in [6, 6.07) is 15.6. The third-order valence-corrected chi connectivity index (χ3v) is 4.73. The number of nitrogens with two attached hydrogens (primary N) is 1. The number of benzene rings is 2. The Morgan fingerprint density at radius 1 is 1.19 bits per heavy atom. The van der Waals surface area contributed by atoms with Gasteiger partial charge in [0.15, 0.2) is 0 Å². The minimum atomic E-state index is -0.580. The van der Waals surface area contributed by atoms with Crippen molar-refractivity contribution in [2.45, 2.75) is 51.9 Å². The largest absolute Gasteiger partial charge is 0.486 e. The highest BCUT2D eigenvalue weighted by molar-refractivity contribution is 5.86. The predicted octanol–water partition coefficient (Wildman–Crippen LogP) is 3.57. The van der Waals surface area contributed by atoms with Gasteiger partial charge in [0.25, 0.3) is 0 Å². The average molecular weight is 427 g/mol. The van der Waals surface area contributed by atoms with Crippen LogP contribution in [0.3, 0.4) is 0 Å². The molecule has 1 atom stereocenters. The molecule has 0 saturated carbocycles. The summed E-state index contributed by atoms with van der Waals surface area (Å²) in [5, 5.41) is 2.78. The van der Waals surface area contributed by atoms with Crippen LogP contribution in [0.4, 0.5) is 16.2 Å². The van der Waals surface area contributed by atoms with Crippen molar-refractivity contribution in [1.29, 1.82) is 0 Å². The number of rotatable bonds is 6. The van der Waals surface area contributed by atoms with Gasteiger partial charge in [-0.25, -0.2) is 10.6 Å². The van der Waals surface area contributed by atoms with E-state index >= 15 is 0 Å². The van der Waals surface area contributed by atoms with Gasteiger partial charge in [0.2, 0.25) is 5.91 Å². The molecule has 3 rings (SSSR count). The minimum Gasteiger partial charge on any atom is -0.486 e. The van der Waals surface area contributed by atoms with Crippen LogP contribution >= 0.6 is 0 Å². The topological polar surface area (TPSA) is 106 Å². The third-order valence-electron chi connectivity index (χ3n) is 4.73. The normalized spacial score (nSPS) is 15.5. The first-order valence-electron chi connectivity index (χ1n) is 10.3. The van der Waals surface area contributed by atoms with Crippen LogP contribution in [0, 0.1) is 0 Å². The molecular formula is C23H30N4O4. The highest BCUT2D eigenvalue weighted by Crippen LogP contribution is 2.37. The number of hydrogen-bond acceptors (Lipinski definition) is 6. The summed E-state index contributed by atoms with van der Waals surface area (Å²) in [5.74, 6) is 5.68. The highest BCUT2D eigenvalue weighted by atomic mass is 16.6. The van der Waals surface area contributed by atoms with Crippen LogP contribution in [0.15, 0.2) is 48.5 Å². The second-order valence-electron chi connectivity index (χ2n) is 8.52. The maximum absolute atomic E-state index is 12.2. The molecule has 0 aliphatic carbocycles. The van der Waals surface area contributed by atoms with E-state index < -0.39 is 11.7 Å². The summed E-state index contributed by atoms with van der Waals surface area (Å²) in [4.78, 5) is 25.9. The molecule has 2 amide bonds. The van der Waals surface area contributed by atoms with Gasteiger partial charge in [0, 0.05) is 18.7 Å². The van der Waals surface area contributed by atoms with Crippen molar-refractivity contribution in [3.63, 3.8) is 0 Å². The summed E-state index contributed by atoms with van der Waals surface area (Å²) in [6.45, 7) is 6.74. The lowest BCUT2D eigenvalue weighted by Crippen LogP contribution is -2.41. The molecule has 0 fully saturated rings. The number of ether oxygens (including phenoxy) is 2. The molecule has 0 bridgehead atoms. The van der Waals surface area contributed by atoms with Crippen molar-refractivity contribution in [2.24, 2.45) is 5.84 Å². The Morgan fingerprint density at radius 2 is 1.94 bits per heavy atom. The van der Waals surface area contributed by atoms with Gasteiger partial charge in [-0.1, -0.05) is 30.3 Å². The molecular weight excluding hydrogens is 396 g/mol. The number of anilines is 2. The standard InChI is InChI=1S/C23H30N4O4/c1-23(2,3)31-22(29)25-17-9-11-20-19(13-17)27(14-16-7-5-4-6-8-16)15-18(30-20)10-12-21(28)26-24/h4-9,11,13,18H,10,12,14-15,24H2,1-3H3,(H,25,29)(H,26,28)/t18-/m0/s1.